The summed E-state index contributed by atoms with van der Waals surface area (Å²) in [5, 5.41) is 8.62. The fourth-order valence-electron chi connectivity index (χ4n) is 2.01. The Kier molecular flexibility index (Phi) is 5.75. The summed E-state index contributed by atoms with van der Waals surface area (Å²) >= 11 is 0. The van der Waals surface area contributed by atoms with Crippen LogP contribution < -0.4 is 16.0 Å². The van der Waals surface area contributed by atoms with E-state index in [4.69, 9.17) is 0 Å². The average molecular weight is 289 g/mol. The van der Waals surface area contributed by atoms with Crippen LogP contribution in [0.4, 0.5) is 0 Å². The van der Waals surface area contributed by atoms with Crippen LogP contribution in [0.15, 0.2) is 30.3 Å². The van der Waals surface area contributed by atoms with E-state index in [1.54, 1.807) is 6.92 Å². The Balaban J connectivity index is 1.62. The molecule has 0 heterocycles. The smallest absolute Gasteiger partial charge is 0.242 e. The third-order valence-electron chi connectivity index (χ3n) is 3.50. The third-order valence-corrected chi connectivity index (χ3v) is 3.50. The predicted octanol–water partition coefficient (Wildman–Crippen LogP) is 0.807. The SMILES string of the molecule is CC(NC(=O)CNCC1CC1)C(=O)NCc1ccccc1. The highest BCUT2D eigenvalue weighted by atomic mass is 16.2. The summed E-state index contributed by atoms with van der Waals surface area (Å²) in [6.45, 7) is 3.33. The molecular formula is C16H23N3O2. The molecule has 0 aliphatic heterocycles. The van der Waals surface area contributed by atoms with Gasteiger partial charge in [0.2, 0.25) is 11.8 Å². The molecule has 3 N–H and O–H groups in total. The highest BCUT2D eigenvalue weighted by Crippen LogP contribution is 2.27. The van der Waals surface area contributed by atoms with Crippen molar-refractivity contribution in [3.8, 4) is 0 Å². The molecule has 0 aromatic heterocycles. The van der Waals surface area contributed by atoms with Crippen molar-refractivity contribution in [2.75, 3.05) is 13.1 Å². The summed E-state index contributed by atoms with van der Waals surface area (Å²) < 4.78 is 0. The van der Waals surface area contributed by atoms with Gasteiger partial charge in [-0.2, -0.15) is 0 Å². The van der Waals surface area contributed by atoms with Crippen molar-refractivity contribution >= 4 is 11.8 Å². The van der Waals surface area contributed by atoms with Crippen LogP contribution in [0.1, 0.15) is 25.3 Å². The molecule has 21 heavy (non-hydrogen) atoms. The second-order valence-corrected chi connectivity index (χ2v) is 5.57. The van der Waals surface area contributed by atoms with Crippen LogP contribution in [0, 0.1) is 5.92 Å². The fourth-order valence-corrected chi connectivity index (χ4v) is 2.01. The van der Waals surface area contributed by atoms with Crippen molar-refractivity contribution in [3.63, 3.8) is 0 Å². The second-order valence-electron chi connectivity index (χ2n) is 5.57. The lowest BCUT2D eigenvalue weighted by atomic mass is 10.2. The lowest BCUT2D eigenvalue weighted by Gasteiger charge is -2.14. The van der Waals surface area contributed by atoms with E-state index < -0.39 is 6.04 Å². The molecule has 5 heteroatoms. The van der Waals surface area contributed by atoms with E-state index in [1.807, 2.05) is 30.3 Å². The zero-order valence-corrected chi connectivity index (χ0v) is 12.4. The van der Waals surface area contributed by atoms with Gasteiger partial charge in [0.25, 0.3) is 0 Å². The van der Waals surface area contributed by atoms with Crippen LogP contribution >= 0.6 is 0 Å². The van der Waals surface area contributed by atoms with Gasteiger partial charge in [-0.25, -0.2) is 0 Å². The van der Waals surface area contributed by atoms with Gasteiger partial charge < -0.3 is 16.0 Å². The van der Waals surface area contributed by atoms with Crippen molar-refractivity contribution in [3.05, 3.63) is 35.9 Å². The minimum atomic E-state index is -0.524. The maximum atomic E-state index is 11.9. The Morgan fingerprint density at radius 1 is 1.24 bits per heavy atom. The first-order valence-corrected chi connectivity index (χ1v) is 7.47. The Labute approximate surface area is 125 Å². The molecule has 2 amide bonds. The number of hydrogen-bond acceptors (Lipinski definition) is 3. The van der Waals surface area contributed by atoms with Crippen molar-refractivity contribution in [2.24, 2.45) is 5.92 Å². The van der Waals surface area contributed by atoms with Crippen molar-refractivity contribution in [1.29, 1.82) is 0 Å². The normalized spacial score (nSPS) is 15.3. The summed E-state index contributed by atoms with van der Waals surface area (Å²) in [5.41, 5.74) is 1.04. The van der Waals surface area contributed by atoms with Gasteiger partial charge in [-0.15, -0.1) is 0 Å². The van der Waals surface area contributed by atoms with Crippen molar-refractivity contribution in [2.45, 2.75) is 32.4 Å². The lowest BCUT2D eigenvalue weighted by Crippen LogP contribution is -2.47. The summed E-state index contributed by atoms with van der Waals surface area (Å²) in [4.78, 5) is 23.6. The lowest BCUT2D eigenvalue weighted by molar-refractivity contribution is -0.128. The first-order valence-electron chi connectivity index (χ1n) is 7.47. The Bertz CT molecular complexity index is 472. The van der Waals surface area contributed by atoms with E-state index in [-0.39, 0.29) is 18.4 Å². The van der Waals surface area contributed by atoms with Crippen LogP contribution in [0.3, 0.4) is 0 Å². The van der Waals surface area contributed by atoms with Gasteiger partial charge in [-0.05, 0) is 37.8 Å². The van der Waals surface area contributed by atoms with Gasteiger partial charge in [0.1, 0.15) is 6.04 Å². The summed E-state index contributed by atoms with van der Waals surface area (Å²) in [7, 11) is 0. The summed E-state index contributed by atoms with van der Waals surface area (Å²) in [5.74, 6) is 0.428. The molecule has 2 rings (SSSR count). The molecule has 0 spiro atoms. The minimum Gasteiger partial charge on any atom is -0.350 e. The zero-order chi connectivity index (χ0) is 15.1. The van der Waals surface area contributed by atoms with E-state index in [2.05, 4.69) is 16.0 Å². The second kappa shape index (κ2) is 7.78. The van der Waals surface area contributed by atoms with E-state index in [1.165, 1.54) is 12.8 Å². The first kappa shape index (κ1) is 15.5. The topological polar surface area (TPSA) is 70.2 Å². The number of benzene rings is 1. The molecular weight excluding hydrogens is 266 g/mol. The van der Waals surface area contributed by atoms with Gasteiger partial charge in [0, 0.05) is 6.54 Å². The molecule has 114 valence electrons. The molecule has 0 saturated heterocycles. The standard InChI is InChI=1S/C16H23N3O2/c1-12(19-15(20)11-17-9-14-7-8-14)16(21)18-10-13-5-3-2-4-6-13/h2-6,12,14,17H,7-11H2,1H3,(H,18,21)(H,19,20). The molecule has 1 unspecified atom stereocenters. The highest BCUT2D eigenvalue weighted by molar-refractivity contribution is 5.87. The monoisotopic (exact) mass is 289 g/mol. The number of carbonyl (C=O) groups is 2. The largest absolute Gasteiger partial charge is 0.350 e. The van der Waals surface area contributed by atoms with E-state index >= 15 is 0 Å². The molecule has 1 aliphatic carbocycles. The quantitative estimate of drug-likeness (QED) is 0.663. The molecule has 1 atom stereocenters. The van der Waals surface area contributed by atoms with Gasteiger partial charge >= 0.3 is 0 Å². The van der Waals surface area contributed by atoms with Gasteiger partial charge in [0.15, 0.2) is 0 Å². The fraction of sp³-hybridized carbons (Fsp3) is 0.500. The van der Waals surface area contributed by atoms with Crippen LogP contribution in [0.25, 0.3) is 0 Å². The highest BCUT2D eigenvalue weighted by Gasteiger charge is 2.21. The maximum Gasteiger partial charge on any atom is 0.242 e. The van der Waals surface area contributed by atoms with Gasteiger partial charge in [-0.3, -0.25) is 9.59 Å². The molecule has 1 fully saturated rings. The molecule has 1 aliphatic rings. The van der Waals surface area contributed by atoms with Crippen LogP contribution in [0.2, 0.25) is 0 Å². The van der Waals surface area contributed by atoms with Crippen LogP contribution in [-0.4, -0.2) is 30.9 Å². The van der Waals surface area contributed by atoms with Crippen LogP contribution in [-0.2, 0) is 16.1 Å². The molecule has 5 nitrogen and oxygen atoms in total. The average Bonchev–Trinajstić information content (AvgIpc) is 3.30. The number of hydrogen-bond donors (Lipinski definition) is 3. The number of carbonyl (C=O) groups excluding carboxylic acids is 2. The van der Waals surface area contributed by atoms with Crippen molar-refractivity contribution in [1.82, 2.24) is 16.0 Å². The third kappa shape index (κ3) is 5.95. The number of rotatable bonds is 8. The van der Waals surface area contributed by atoms with Crippen LogP contribution in [0.5, 0.6) is 0 Å². The van der Waals surface area contributed by atoms with Gasteiger partial charge in [-0.1, -0.05) is 30.3 Å². The van der Waals surface area contributed by atoms with E-state index in [9.17, 15) is 9.59 Å². The first-order chi connectivity index (χ1) is 10.1. The maximum absolute atomic E-state index is 11.9. The Morgan fingerprint density at radius 3 is 2.62 bits per heavy atom. The predicted molar refractivity (Wildman–Crippen MR) is 81.5 cm³/mol. The molecule has 1 saturated carbocycles. The van der Waals surface area contributed by atoms with E-state index in [0.717, 1.165) is 18.0 Å². The molecule has 0 bridgehead atoms. The Hall–Kier alpha value is -1.88. The zero-order valence-electron chi connectivity index (χ0n) is 12.4. The summed E-state index contributed by atoms with van der Waals surface area (Å²) in [6, 6.07) is 9.17. The minimum absolute atomic E-state index is 0.141. The Morgan fingerprint density at radius 2 is 1.95 bits per heavy atom. The summed E-state index contributed by atoms with van der Waals surface area (Å²) in [6.07, 6.45) is 2.51. The van der Waals surface area contributed by atoms with Gasteiger partial charge in [0.05, 0.1) is 6.54 Å². The van der Waals surface area contributed by atoms with Crippen molar-refractivity contribution < 1.29 is 9.59 Å². The molecule has 1 aromatic rings. The number of amides is 2. The number of nitrogens with one attached hydrogen (secondary N) is 3. The molecule has 0 radical (unpaired) electrons. The van der Waals surface area contributed by atoms with E-state index in [0.29, 0.717) is 6.54 Å². The molecule has 1 aromatic carbocycles.